The van der Waals surface area contributed by atoms with Gasteiger partial charge in [-0.2, -0.15) is 0 Å². The first kappa shape index (κ1) is 24.1. The van der Waals surface area contributed by atoms with E-state index in [1.165, 1.54) is 57.8 Å². The van der Waals surface area contributed by atoms with E-state index in [9.17, 15) is 14.7 Å². The Hall–Kier alpha value is -0.900. The van der Waals surface area contributed by atoms with E-state index in [-0.39, 0.29) is 24.5 Å². The Bertz CT molecular complexity index is 368. The van der Waals surface area contributed by atoms with Gasteiger partial charge in [0, 0.05) is 6.42 Å². The molecule has 25 heavy (non-hydrogen) atoms. The van der Waals surface area contributed by atoms with Gasteiger partial charge in [0.05, 0.1) is 0 Å². The molecule has 0 heterocycles. The SMILES string of the molecule is CCCCCCCCCCCCCCC(=O)[C@](N)(CC(C)C)C(=O)O. The van der Waals surface area contributed by atoms with Crippen LogP contribution in [0.4, 0.5) is 0 Å². The molecule has 4 nitrogen and oxygen atoms in total. The summed E-state index contributed by atoms with van der Waals surface area (Å²) in [5.74, 6) is -1.42. The number of rotatable bonds is 17. The molecule has 1 atom stereocenters. The van der Waals surface area contributed by atoms with Crippen LogP contribution in [0.5, 0.6) is 0 Å². The van der Waals surface area contributed by atoms with Crippen molar-refractivity contribution < 1.29 is 14.7 Å². The summed E-state index contributed by atoms with van der Waals surface area (Å²) in [5.41, 5.74) is 4.17. The van der Waals surface area contributed by atoms with E-state index in [2.05, 4.69) is 6.92 Å². The maximum Gasteiger partial charge on any atom is 0.331 e. The molecular weight excluding hydrogens is 314 g/mol. The Morgan fingerprint density at radius 2 is 1.24 bits per heavy atom. The normalized spacial score (nSPS) is 13.8. The number of carbonyl (C=O) groups is 2. The summed E-state index contributed by atoms with van der Waals surface area (Å²) < 4.78 is 0. The molecular formula is C21H41NO3. The van der Waals surface area contributed by atoms with E-state index in [1.54, 1.807) is 0 Å². The Balaban J connectivity index is 3.70. The van der Waals surface area contributed by atoms with Crippen LogP contribution in [0.3, 0.4) is 0 Å². The molecule has 0 aliphatic carbocycles. The summed E-state index contributed by atoms with van der Waals surface area (Å²) in [6.45, 7) is 6.02. The molecule has 0 aliphatic rings. The van der Waals surface area contributed by atoms with Crippen molar-refractivity contribution >= 4 is 11.8 Å². The highest BCUT2D eigenvalue weighted by molar-refractivity contribution is 6.07. The zero-order valence-electron chi connectivity index (χ0n) is 16.8. The van der Waals surface area contributed by atoms with Crippen molar-refractivity contribution in [3.05, 3.63) is 0 Å². The van der Waals surface area contributed by atoms with Crippen LogP contribution >= 0.6 is 0 Å². The zero-order chi connectivity index (χ0) is 19.1. The minimum absolute atomic E-state index is 0.0898. The molecule has 3 N–H and O–H groups in total. The van der Waals surface area contributed by atoms with E-state index < -0.39 is 11.5 Å². The molecule has 0 spiro atoms. The molecule has 0 radical (unpaired) electrons. The fourth-order valence-corrected chi connectivity index (χ4v) is 3.31. The molecule has 0 unspecified atom stereocenters. The van der Waals surface area contributed by atoms with Crippen LogP contribution < -0.4 is 5.73 Å². The van der Waals surface area contributed by atoms with Gasteiger partial charge in [0.15, 0.2) is 11.3 Å². The second kappa shape index (κ2) is 14.3. The summed E-state index contributed by atoms with van der Waals surface area (Å²) in [6.07, 6.45) is 15.3. The number of hydrogen-bond acceptors (Lipinski definition) is 3. The van der Waals surface area contributed by atoms with Crippen molar-refractivity contribution in [1.82, 2.24) is 0 Å². The topological polar surface area (TPSA) is 80.4 Å². The van der Waals surface area contributed by atoms with Crippen LogP contribution in [0, 0.1) is 5.92 Å². The minimum Gasteiger partial charge on any atom is -0.480 e. The van der Waals surface area contributed by atoms with Crippen molar-refractivity contribution in [3.8, 4) is 0 Å². The molecule has 0 aromatic rings. The minimum atomic E-state index is -1.70. The number of nitrogens with two attached hydrogens (primary N) is 1. The van der Waals surface area contributed by atoms with Crippen LogP contribution in [0.2, 0.25) is 0 Å². The second-order valence-corrected chi connectivity index (χ2v) is 7.94. The number of carbonyl (C=O) groups excluding carboxylic acids is 1. The number of Topliss-reactive ketones (excluding diaryl/α,β-unsaturated/α-hetero) is 1. The van der Waals surface area contributed by atoms with Crippen molar-refractivity contribution in [1.29, 1.82) is 0 Å². The number of ketones is 1. The van der Waals surface area contributed by atoms with E-state index in [4.69, 9.17) is 5.73 Å². The first-order valence-corrected chi connectivity index (χ1v) is 10.4. The average Bonchev–Trinajstić information content (AvgIpc) is 2.54. The van der Waals surface area contributed by atoms with Crippen molar-refractivity contribution in [2.75, 3.05) is 0 Å². The van der Waals surface area contributed by atoms with Gasteiger partial charge in [-0.3, -0.25) is 4.79 Å². The predicted octanol–water partition coefficient (Wildman–Crippen LogP) is 5.47. The molecule has 4 heteroatoms. The zero-order valence-corrected chi connectivity index (χ0v) is 16.8. The molecule has 148 valence electrons. The number of aliphatic carboxylic acids is 1. The highest BCUT2D eigenvalue weighted by Gasteiger charge is 2.41. The highest BCUT2D eigenvalue weighted by atomic mass is 16.4. The smallest absolute Gasteiger partial charge is 0.331 e. The van der Waals surface area contributed by atoms with Gasteiger partial charge >= 0.3 is 5.97 Å². The van der Waals surface area contributed by atoms with Gasteiger partial charge < -0.3 is 10.8 Å². The third-order valence-corrected chi connectivity index (χ3v) is 4.87. The van der Waals surface area contributed by atoms with E-state index in [0.29, 0.717) is 0 Å². The van der Waals surface area contributed by atoms with Crippen LogP contribution in [-0.2, 0) is 9.59 Å². The van der Waals surface area contributed by atoms with Crippen LogP contribution in [-0.4, -0.2) is 22.4 Å². The summed E-state index contributed by atoms with van der Waals surface area (Å²) >= 11 is 0. The number of carboxylic acids is 1. The lowest BCUT2D eigenvalue weighted by Crippen LogP contribution is -2.55. The van der Waals surface area contributed by atoms with E-state index in [1.807, 2.05) is 13.8 Å². The predicted molar refractivity (Wildman–Crippen MR) is 105 cm³/mol. The molecule has 0 saturated heterocycles. The van der Waals surface area contributed by atoms with Gasteiger partial charge in [0.25, 0.3) is 0 Å². The maximum absolute atomic E-state index is 12.2. The third-order valence-electron chi connectivity index (χ3n) is 4.87. The molecule has 0 saturated carbocycles. The Morgan fingerprint density at radius 1 is 0.840 bits per heavy atom. The Kier molecular flexibility index (Phi) is 13.8. The number of unbranched alkanes of at least 4 members (excludes halogenated alkanes) is 11. The quantitative estimate of drug-likeness (QED) is 0.267. The molecule has 0 aliphatic heterocycles. The monoisotopic (exact) mass is 355 g/mol. The lowest BCUT2D eigenvalue weighted by atomic mass is 9.84. The average molecular weight is 356 g/mol. The summed E-state index contributed by atoms with van der Waals surface area (Å²) in [4.78, 5) is 23.6. The third kappa shape index (κ3) is 11.4. The van der Waals surface area contributed by atoms with Gasteiger partial charge in [0.2, 0.25) is 0 Å². The van der Waals surface area contributed by atoms with Gasteiger partial charge in [0.1, 0.15) is 0 Å². The van der Waals surface area contributed by atoms with Gasteiger partial charge in [-0.1, -0.05) is 91.4 Å². The fourth-order valence-electron chi connectivity index (χ4n) is 3.31. The van der Waals surface area contributed by atoms with Gasteiger partial charge in [-0.05, 0) is 18.8 Å². The molecule has 0 bridgehead atoms. The summed E-state index contributed by atoms with van der Waals surface area (Å²) in [5, 5.41) is 9.30. The van der Waals surface area contributed by atoms with Crippen LogP contribution in [0.1, 0.15) is 111 Å². The van der Waals surface area contributed by atoms with Crippen LogP contribution in [0.25, 0.3) is 0 Å². The van der Waals surface area contributed by atoms with E-state index in [0.717, 1.165) is 19.3 Å². The van der Waals surface area contributed by atoms with Crippen LogP contribution in [0.15, 0.2) is 0 Å². The first-order valence-electron chi connectivity index (χ1n) is 10.4. The van der Waals surface area contributed by atoms with Gasteiger partial charge in [-0.25, -0.2) is 4.79 Å². The fraction of sp³-hybridized carbons (Fsp3) is 0.905. The molecule has 0 amide bonds. The summed E-state index contributed by atoms with van der Waals surface area (Å²) in [7, 11) is 0. The Labute approximate surface area is 154 Å². The highest BCUT2D eigenvalue weighted by Crippen LogP contribution is 2.20. The summed E-state index contributed by atoms with van der Waals surface area (Å²) in [6, 6.07) is 0. The van der Waals surface area contributed by atoms with Crippen molar-refractivity contribution in [2.45, 2.75) is 116 Å². The molecule has 0 fully saturated rings. The first-order chi connectivity index (χ1) is 11.8. The molecule has 0 rings (SSSR count). The van der Waals surface area contributed by atoms with Crippen molar-refractivity contribution in [2.24, 2.45) is 11.7 Å². The largest absolute Gasteiger partial charge is 0.480 e. The maximum atomic E-state index is 12.2. The molecule has 0 aromatic carbocycles. The second-order valence-electron chi connectivity index (χ2n) is 7.94. The Morgan fingerprint density at radius 3 is 1.60 bits per heavy atom. The lowest BCUT2D eigenvalue weighted by Gasteiger charge is -2.25. The number of carboxylic acid groups (broad SMARTS) is 1. The standard InChI is InChI=1S/C21H41NO3/c1-4-5-6-7-8-9-10-11-12-13-14-15-16-19(23)21(22,20(24)25)17-18(2)3/h18H,4-17,22H2,1-3H3,(H,24,25)/t21-/m1/s1. The van der Waals surface area contributed by atoms with E-state index >= 15 is 0 Å². The van der Waals surface area contributed by atoms with Gasteiger partial charge in [-0.15, -0.1) is 0 Å². The lowest BCUT2D eigenvalue weighted by molar-refractivity contribution is -0.149. The van der Waals surface area contributed by atoms with Crippen molar-refractivity contribution in [3.63, 3.8) is 0 Å². The molecule has 0 aromatic heterocycles. The number of hydrogen-bond donors (Lipinski definition) is 2.